The molecule has 0 aliphatic heterocycles. The van der Waals surface area contributed by atoms with Crippen molar-refractivity contribution in [3.05, 3.63) is 50.5 Å². The molecule has 0 atom stereocenters. The number of nitrogens with two attached hydrogens (primary N) is 1. The van der Waals surface area contributed by atoms with Crippen molar-refractivity contribution < 1.29 is 0 Å². The van der Waals surface area contributed by atoms with E-state index in [1.807, 2.05) is 32.9 Å². The van der Waals surface area contributed by atoms with E-state index in [9.17, 15) is 0 Å². The van der Waals surface area contributed by atoms with E-state index in [0.717, 1.165) is 27.0 Å². The standard InChI is InChI=1S/C8H7BrN2.C8H9N3/c1-5-3-7(4-10)11-6(2)8(5)9;1-5-3-7(4-9)11-6(2)8(5)10/h3H,1-2H3;3H,10H2,1-2H3. The number of nitriles is 2. The molecule has 0 fully saturated rings. The second-order valence-electron chi connectivity index (χ2n) is 4.77. The highest BCUT2D eigenvalue weighted by Gasteiger charge is 2.02. The van der Waals surface area contributed by atoms with Gasteiger partial charge < -0.3 is 5.73 Å². The van der Waals surface area contributed by atoms with Gasteiger partial charge >= 0.3 is 0 Å². The van der Waals surface area contributed by atoms with Gasteiger partial charge in [-0.2, -0.15) is 10.5 Å². The summed E-state index contributed by atoms with van der Waals surface area (Å²) in [5, 5.41) is 17.1. The molecule has 2 aromatic rings. The lowest BCUT2D eigenvalue weighted by molar-refractivity contribution is 1.12. The molecule has 2 N–H and O–H groups in total. The molecule has 0 saturated heterocycles. The van der Waals surface area contributed by atoms with Crippen molar-refractivity contribution >= 4 is 21.6 Å². The number of halogens is 1. The molecule has 0 saturated carbocycles. The third-order valence-electron chi connectivity index (χ3n) is 2.99. The lowest BCUT2D eigenvalue weighted by atomic mass is 10.2. The predicted molar refractivity (Wildman–Crippen MR) is 89.0 cm³/mol. The van der Waals surface area contributed by atoms with Gasteiger partial charge in [-0.05, 0) is 66.9 Å². The average molecular weight is 358 g/mol. The molecule has 0 unspecified atom stereocenters. The maximum atomic E-state index is 8.55. The van der Waals surface area contributed by atoms with Crippen LogP contribution in [0.25, 0.3) is 0 Å². The van der Waals surface area contributed by atoms with Crippen LogP contribution in [0, 0.1) is 50.4 Å². The molecule has 0 spiro atoms. The SMILES string of the molecule is Cc1cc(C#N)nc(C)c1Br.Cc1cc(C#N)nc(C)c1N. The summed E-state index contributed by atoms with van der Waals surface area (Å²) in [4.78, 5) is 8.01. The van der Waals surface area contributed by atoms with E-state index in [-0.39, 0.29) is 0 Å². The predicted octanol–water partition coefficient (Wildman–Crippen LogP) is 3.48. The van der Waals surface area contributed by atoms with Crippen molar-refractivity contribution in [1.29, 1.82) is 10.5 Å². The van der Waals surface area contributed by atoms with Gasteiger partial charge in [0.1, 0.15) is 23.5 Å². The van der Waals surface area contributed by atoms with Crippen LogP contribution in [0.5, 0.6) is 0 Å². The van der Waals surface area contributed by atoms with E-state index in [0.29, 0.717) is 17.1 Å². The second kappa shape index (κ2) is 7.53. The van der Waals surface area contributed by atoms with Crippen LogP contribution in [0.1, 0.15) is 33.9 Å². The number of hydrogen-bond donors (Lipinski definition) is 1. The van der Waals surface area contributed by atoms with Gasteiger partial charge in [-0.25, -0.2) is 9.97 Å². The van der Waals surface area contributed by atoms with Gasteiger partial charge in [0, 0.05) is 4.47 Å². The Labute approximate surface area is 138 Å². The van der Waals surface area contributed by atoms with E-state index in [1.165, 1.54) is 0 Å². The fourth-order valence-electron chi connectivity index (χ4n) is 1.77. The first-order chi connectivity index (χ1) is 10.3. The van der Waals surface area contributed by atoms with Crippen LogP contribution in [0.2, 0.25) is 0 Å². The van der Waals surface area contributed by atoms with Crippen LogP contribution in [-0.2, 0) is 0 Å². The van der Waals surface area contributed by atoms with Crippen molar-refractivity contribution in [1.82, 2.24) is 9.97 Å². The summed E-state index contributed by atoms with van der Waals surface area (Å²) in [6.07, 6.45) is 0. The van der Waals surface area contributed by atoms with Gasteiger partial charge in [0.25, 0.3) is 0 Å². The molecular formula is C16H16BrN5. The maximum Gasteiger partial charge on any atom is 0.141 e. The molecule has 0 aliphatic rings. The fourth-order valence-corrected chi connectivity index (χ4v) is 1.97. The summed E-state index contributed by atoms with van der Waals surface area (Å²) in [6.45, 7) is 7.48. The lowest BCUT2D eigenvalue weighted by Gasteiger charge is -2.02. The molecule has 0 bridgehead atoms. The molecule has 0 radical (unpaired) electrons. The third-order valence-corrected chi connectivity index (χ3v) is 4.19. The van der Waals surface area contributed by atoms with Gasteiger partial charge in [0.15, 0.2) is 0 Å². The molecule has 112 valence electrons. The summed E-state index contributed by atoms with van der Waals surface area (Å²) in [6, 6.07) is 7.42. The van der Waals surface area contributed by atoms with Crippen LogP contribution in [0.3, 0.4) is 0 Å². The Balaban J connectivity index is 0.000000220. The maximum absolute atomic E-state index is 8.55. The minimum Gasteiger partial charge on any atom is -0.397 e. The molecule has 2 heterocycles. The Bertz CT molecular complexity index is 671. The van der Waals surface area contributed by atoms with Gasteiger partial charge in [-0.3, -0.25) is 0 Å². The molecule has 0 amide bonds. The topological polar surface area (TPSA) is 99.4 Å². The van der Waals surface area contributed by atoms with Crippen molar-refractivity contribution in [2.24, 2.45) is 0 Å². The monoisotopic (exact) mass is 357 g/mol. The summed E-state index contributed by atoms with van der Waals surface area (Å²) >= 11 is 3.37. The normalized spacial score (nSPS) is 9.23. The Morgan fingerprint density at radius 2 is 1.36 bits per heavy atom. The fraction of sp³-hybridized carbons (Fsp3) is 0.250. The molecule has 6 heteroatoms. The first-order valence-electron chi connectivity index (χ1n) is 6.47. The number of aromatic nitrogens is 2. The Morgan fingerprint density at radius 3 is 1.77 bits per heavy atom. The molecule has 0 aromatic carbocycles. The molecule has 2 aromatic heterocycles. The quantitative estimate of drug-likeness (QED) is 0.777. The van der Waals surface area contributed by atoms with Gasteiger partial charge in [0.05, 0.1) is 17.1 Å². The number of nitrogens with zero attached hydrogens (tertiary/aromatic N) is 4. The van der Waals surface area contributed by atoms with Crippen molar-refractivity contribution in [2.75, 3.05) is 5.73 Å². The second-order valence-corrected chi connectivity index (χ2v) is 5.56. The van der Waals surface area contributed by atoms with E-state index >= 15 is 0 Å². The summed E-state index contributed by atoms with van der Waals surface area (Å²) in [5.74, 6) is 0. The summed E-state index contributed by atoms with van der Waals surface area (Å²) < 4.78 is 0.983. The number of rotatable bonds is 0. The van der Waals surface area contributed by atoms with Crippen molar-refractivity contribution in [3.8, 4) is 12.1 Å². The average Bonchev–Trinajstić information content (AvgIpc) is 2.49. The van der Waals surface area contributed by atoms with Crippen molar-refractivity contribution in [3.63, 3.8) is 0 Å². The van der Waals surface area contributed by atoms with Gasteiger partial charge in [-0.15, -0.1) is 0 Å². The molecule has 22 heavy (non-hydrogen) atoms. The highest BCUT2D eigenvalue weighted by atomic mass is 79.9. The lowest BCUT2D eigenvalue weighted by Crippen LogP contribution is -1.98. The van der Waals surface area contributed by atoms with Crippen LogP contribution >= 0.6 is 15.9 Å². The number of pyridine rings is 2. The summed E-state index contributed by atoms with van der Waals surface area (Å²) in [7, 11) is 0. The molecule has 0 aliphatic carbocycles. The Hall–Kier alpha value is -2.44. The zero-order valence-corrected chi connectivity index (χ0v) is 14.5. The first-order valence-corrected chi connectivity index (χ1v) is 7.27. The highest BCUT2D eigenvalue weighted by molar-refractivity contribution is 9.10. The smallest absolute Gasteiger partial charge is 0.141 e. The molecule has 5 nitrogen and oxygen atoms in total. The van der Waals surface area contributed by atoms with Gasteiger partial charge in [0.2, 0.25) is 0 Å². The van der Waals surface area contributed by atoms with E-state index < -0.39 is 0 Å². The van der Waals surface area contributed by atoms with E-state index in [2.05, 4.69) is 25.9 Å². The summed E-state index contributed by atoms with van der Waals surface area (Å²) in [5.41, 5.74) is 10.8. The minimum atomic E-state index is 0.425. The number of aryl methyl sites for hydroxylation is 4. The number of hydrogen-bond acceptors (Lipinski definition) is 5. The number of anilines is 1. The number of nitrogen functional groups attached to an aromatic ring is 1. The minimum absolute atomic E-state index is 0.425. The van der Waals surface area contributed by atoms with Crippen LogP contribution in [-0.4, -0.2) is 9.97 Å². The Kier molecular flexibility index (Phi) is 6.03. The zero-order valence-electron chi connectivity index (χ0n) is 12.9. The van der Waals surface area contributed by atoms with Crippen molar-refractivity contribution in [2.45, 2.75) is 27.7 Å². The zero-order chi connectivity index (χ0) is 16.9. The first kappa shape index (κ1) is 17.6. The van der Waals surface area contributed by atoms with Crippen LogP contribution in [0.15, 0.2) is 16.6 Å². The third kappa shape index (κ3) is 4.28. The largest absolute Gasteiger partial charge is 0.397 e. The highest BCUT2D eigenvalue weighted by Crippen LogP contribution is 2.19. The molecule has 2 rings (SSSR count). The van der Waals surface area contributed by atoms with Crippen LogP contribution < -0.4 is 5.73 Å². The van der Waals surface area contributed by atoms with Gasteiger partial charge in [-0.1, -0.05) is 0 Å². The molecular weight excluding hydrogens is 342 g/mol. The van der Waals surface area contributed by atoms with E-state index in [4.69, 9.17) is 16.3 Å². The Morgan fingerprint density at radius 1 is 0.909 bits per heavy atom. The van der Waals surface area contributed by atoms with Crippen LogP contribution in [0.4, 0.5) is 5.69 Å². The van der Waals surface area contributed by atoms with E-state index in [1.54, 1.807) is 19.1 Å².